The predicted molar refractivity (Wildman–Crippen MR) is 43.1 cm³/mol. The largest absolute Gasteiger partial charge is 0.506 e. The van der Waals surface area contributed by atoms with Crippen LogP contribution in [0.25, 0.3) is 0 Å². The van der Waals surface area contributed by atoms with Crippen LogP contribution in [0.15, 0.2) is 36.7 Å². The van der Waals surface area contributed by atoms with Crippen molar-refractivity contribution in [1.82, 2.24) is 0 Å². The summed E-state index contributed by atoms with van der Waals surface area (Å²) in [6.45, 7) is 5.89. The number of allylic oxidation sites excluding steroid dienone is 1. The molecule has 0 amide bonds. The van der Waals surface area contributed by atoms with Crippen LogP contribution in [0.5, 0.6) is 0 Å². The lowest BCUT2D eigenvalue weighted by atomic mass is 10.3. The molecule has 0 radical (unpaired) electrons. The molecular formula is C9H12NO+. The minimum absolute atomic E-state index is 0.185. The molecule has 1 aromatic rings. The number of hydrogen-bond donors (Lipinski definition) is 1. The van der Waals surface area contributed by atoms with Gasteiger partial charge in [0.2, 0.25) is 6.54 Å². The molecule has 0 aliphatic carbocycles. The molecule has 0 aromatic carbocycles. The van der Waals surface area contributed by atoms with E-state index in [1.807, 2.05) is 35.9 Å². The van der Waals surface area contributed by atoms with Gasteiger partial charge < -0.3 is 5.11 Å². The van der Waals surface area contributed by atoms with E-state index in [1.165, 1.54) is 0 Å². The fourth-order valence-electron chi connectivity index (χ4n) is 0.936. The van der Waals surface area contributed by atoms with E-state index in [2.05, 4.69) is 6.58 Å². The Morgan fingerprint density at radius 3 is 2.91 bits per heavy atom. The molecule has 1 N–H and O–H groups in total. The van der Waals surface area contributed by atoms with Gasteiger partial charge in [-0.05, 0) is 0 Å². The van der Waals surface area contributed by atoms with E-state index in [9.17, 15) is 0 Å². The molecule has 58 valence electrons. The molecule has 1 rings (SSSR count). The van der Waals surface area contributed by atoms with Gasteiger partial charge in [-0.3, -0.25) is 0 Å². The maximum absolute atomic E-state index is 8.91. The molecule has 0 aliphatic heterocycles. The molecule has 0 saturated heterocycles. The third-order valence-electron chi connectivity index (χ3n) is 1.52. The van der Waals surface area contributed by atoms with Crippen molar-refractivity contribution in [2.45, 2.75) is 13.5 Å². The molecular weight excluding hydrogens is 138 g/mol. The molecule has 0 spiro atoms. The SMILES string of the molecule is C=C(O)C[n+]1ccccc1C. The number of aliphatic hydroxyl groups excluding tert-OH is 1. The van der Waals surface area contributed by atoms with Crippen molar-refractivity contribution >= 4 is 0 Å². The van der Waals surface area contributed by atoms with Gasteiger partial charge in [0.15, 0.2) is 17.6 Å². The van der Waals surface area contributed by atoms with Crippen molar-refractivity contribution in [3.05, 3.63) is 42.4 Å². The Kier molecular flexibility index (Phi) is 2.26. The third-order valence-corrected chi connectivity index (χ3v) is 1.52. The first kappa shape index (κ1) is 7.79. The van der Waals surface area contributed by atoms with Crippen molar-refractivity contribution in [2.24, 2.45) is 0 Å². The van der Waals surface area contributed by atoms with E-state index < -0.39 is 0 Å². The number of aliphatic hydroxyl groups is 1. The highest BCUT2D eigenvalue weighted by atomic mass is 16.3. The number of rotatable bonds is 2. The second-order valence-corrected chi connectivity index (χ2v) is 2.54. The molecule has 0 fully saturated rings. The van der Waals surface area contributed by atoms with Gasteiger partial charge in [0.25, 0.3) is 0 Å². The molecule has 0 bridgehead atoms. The van der Waals surface area contributed by atoms with E-state index >= 15 is 0 Å². The molecule has 0 atom stereocenters. The highest BCUT2D eigenvalue weighted by Gasteiger charge is 2.03. The molecule has 11 heavy (non-hydrogen) atoms. The van der Waals surface area contributed by atoms with E-state index in [4.69, 9.17) is 5.11 Å². The highest BCUT2D eigenvalue weighted by Crippen LogP contribution is 1.89. The standard InChI is InChI=1S/C9H11NO/c1-8-5-3-4-6-10(8)7-9(2)11/h3-6H,2,7H2,1H3/p+1. The smallest absolute Gasteiger partial charge is 0.204 e. The van der Waals surface area contributed by atoms with Crippen LogP contribution >= 0.6 is 0 Å². The predicted octanol–water partition coefficient (Wildman–Crippen LogP) is 1.35. The van der Waals surface area contributed by atoms with Crippen LogP contribution in [0.2, 0.25) is 0 Å². The highest BCUT2D eigenvalue weighted by molar-refractivity contribution is 4.94. The summed E-state index contributed by atoms with van der Waals surface area (Å²) in [5.74, 6) is 0.185. The first-order valence-corrected chi connectivity index (χ1v) is 3.52. The van der Waals surface area contributed by atoms with Crippen molar-refractivity contribution in [2.75, 3.05) is 0 Å². The van der Waals surface area contributed by atoms with Crippen LogP contribution in [-0.4, -0.2) is 5.11 Å². The van der Waals surface area contributed by atoms with Gasteiger partial charge in [-0.25, -0.2) is 0 Å². The fraction of sp³-hybridized carbons (Fsp3) is 0.222. The Morgan fingerprint density at radius 2 is 2.36 bits per heavy atom. The van der Waals surface area contributed by atoms with Gasteiger partial charge in [0.05, 0.1) is 0 Å². The van der Waals surface area contributed by atoms with Crippen LogP contribution in [0.3, 0.4) is 0 Å². The zero-order valence-corrected chi connectivity index (χ0v) is 6.62. The average Bonchev–Trinajstić information content (AvgIpc) is 1.93. The molecule has 0 saturated carbocycles. The molecule has 0 aliphatic rings. The molecule has 1 heterocycles. The Morgan fingerprint density at radius 1 is 1.64 bits per heavy atom. The van der Waals surface area contributed by atoms with Gasteiger partial charge in [-0.2, -0.15) is 4.57 Å². The lowest BCUT2D eigenvalue weighted by Crippen LogP contribution is -2.37. The number of pyridine rings is 1. The van der Waals surface area contributed by atoms with Gasteiger partial charge in [-0.1, -0.05) is 12.6 Å². The van der Waals surface area contributed by atoms with Crippen molar-refractivity contribution in [3.63, 3.8) is 0 Å². The summed E-state index contributed by atoms with van der Waals surface area (Å²) in [5.41, 5.74) is 1.11. The molecule has 0 unspecified atom stereocenters. The second-order valence-electron chi connectivity index (χ2n) is 2.54. The fourth-order valence-corrected chi connectivity index (χ4v) is 0.936. The lowest BCUT2D eigenvalue weighted by molar-refractivity contribution is -0.697. The Hall–Kier alpha value is -1.31. The van der Waals surface area contributed by atoms with Crippen LogP contribution in [0.1, 0.15) is 5.69 Å². The zero-order chi connectivity index (χ0) is 8.27. The quantitative estimate of drug-likeness (QED) is 0.499. The lowest BCUT2D eigenvalue weighted by Gasteiger charge is -1.96. The van der Waals surface area contributed by atoms with E-state index in [0.717, 1.165) is 5.69 Å². The Labute approximate surface area is 66.4 Å². The van der Waals surface area contributed by atoms with E-state index in [1.54, 1.807) is 0 Å². The summed E-state index contributed by atoms with van der Waals surface area (Å²) < 4.78 is 1.93. The van der Waals surface area contributed by atoms with Gasteiger partial charge in [-0.15, -0.1) is 0 Å². The zero-order valence-electron chi connectivity index (χ0n) is 6.62. The topological polar surface area (TPSA) is 24.1 Å². The minimum atomic E-state index is 0.185. The van der Waals surface area contributed by atoms with Gasteiger partial charge in [0, 0.05) is 19.1 Å². The second kappa shape index (κ2) is 3.19. The Balaban J connectivity index is 2.86. The summed E-state index contributed by atoms with van der Waals surface area (Å²) in [7, 11) is 0. The molecule has 2 nitrogen and oxygen atoms in total. The van der Waals surface area contributed by atoms with Gasteiger partial charge in [0.1, 0.15) is 0 Å². The average molecular weight is 150 g/mol. The first-order valence-electron chi connectivity index (χ1n) is 3.52. The maximum Gasteiger partial charge on any atom is 0.204 e. The van der Waals surface area contributed by atoms with Crippen LogP contribution < -0.4 is 4.57 Å². The minimum Gasteiger partial charge on any atom is -0.506 e. The van der Waals surface area contributed by atoms with Crippen molar-refractivity contribution in [1.29, 1.82) is 0 Å². The monoisotopic (exact) mass is 150 g/mol. The van der Waals surface area contributed by atoms with Crippen molar-refractivity contribution in [3.8, 4) is 0 Å². The van der Waals surface area contributed by atoms with Crippen LogP contribution in [0, 0.1) is 6.92 Å². The summed E-state index contributed by atoms with van der Waals surface area (Å²) >= 11 is 0. The van der Waals surface area contributed by atoms with Gasteiger partial charge >= 0.3 is 0 Å². The van der Waals surface area contributed by atoms with E-state index in [-0.39, 0.29) is 5.76 Å². The number of hydrogen-bond acceptors (Lipinski definition) is 1. The number of nitrogens with zero attached hydrogens (tertiary/aromatic N) is 1. The third kappa shape index (κ3) is 2.08. The van der Waals surface area contributed by atoms with Crippen LogP contribution in [-0.2, 0) is 6.54 Å². The van der Waals surface area contributed by atoms with Crippen LogP contribution in [0.4, 0.5) is 0 Å². The van der Waals surface area contributed by atoms with Crippen molar-refractivity contribution < 1.29 is 9.67 Å². The molecule has 1 aromatic heterocycles. The summed E-state index contributed by atoms with van der Waals surface area (Å²) in [4.78, 5) is 0. The number of aryl methyl sites for hydroxylation is 1. The first-order chi connectivity index (χ1) is 5.20. The summed E-state index contributed by atoms with van der Waals surface area (Å²) in [6, 6.07) is 5.88. The Bertz CT molecular complexity index is 268. The maximum atomic E-state index is 8.91. The summed E-state index contributed by atoms with van der Waals surface area (Å²) in [5, 5.41) is 8.91. The van der Waals surface area contributed by atoms with E-state index in [0.29, 0.717) is 6.54 Å². The summed E-state index contributed by atoms with van der Waals surface area (Å²) in [6.07, 6.45) is 1.91. The molecule has 2 heteroatoms. The normalized spacial score (nSPS) is 9.55. The number of aromatic nitrogens is 1.